The Bertz CT molecular complexity index is 1060. The Morgan fingerprint density at radius 1 is 1.42 bits per heavy atom. The van der Waals surface area contributed by atoms with Crippen LogP contribution in [0.5, 0.6) is 5.75 Å². The molecular weight excluding hydrogens is 398 g/mol. The Morgan fingerprint density at radius 2 is 2.23 bits per heavy atom. The van der Waals surface area contributed by atoms with Crippen LogP contribution >= 0.6 is 0 Å². The molecule has 0 bridgehead atoms. The van der Waals surface area contributed by atoms with Crippen molar-refractivity contribution in [1.29, 1.82) is 5.26 Å². The van der Waals surface area contributed by atoms with E-state index < -0.39 is 0 Å². The van der Waals surface area contributed by atoms with E-state index in [2.05, 4.69) is 21.8 Å². The molecule has 1 aliphatic rings. The number of ether oxygens (including phenoxy) is 2. The number of hydrogen-bond donors (Lipinski definition) is 4. The van der Waals surface area contributed by atoms with Gasteiger partial charge in [-0.3, -0.25) is 4.79 Å². The highest BCUT2D eigenvalue weighted by Gasteiger charge is 2.25. The van der Waals surface area contributed by atoms with Crippen LogP contribution in [0.15, 0.2) is 47.7 Å². The number of nitrogens with two attached hydrogens (primary N) is 2. The zero-order valence-electron chi connectivity index (χ0n) is 17.4. The molecule has 31 heavy (non-hydrogen) atoms. The number of methoxy groups -OCH3 is 1. The van der Waals surface area contributed by atoms with Crippen molar-refractivity contribution in [2.24, 2.45) is 11.5 Å². The van der Waals surface area contributed by atoms with Crippen LogP contribution in [0.3, 0.4) is 0 Å². The minimum atomic E-state index is 0.0311. The standard InChI is InChI=1S/C21H25N7O3/c1-13(23)18(8-20(24)25-12-29)27-17-5-3-4-15(21(17)30-2)16-10-26-28(19(16)9-22)14-6-7-31-11-14/h3-5,8,10,12,14,27H,6-7,11,23-24H2,1-2H3,(H,25,29)/b18-13+,20-8+. The Balaban J connectivity index is 2.03. The smallest absolute Gasteiger partial charge is 0.212 e. The molecule has 1 aromatic heterocycles. The normalized spacial score (nSPS) is 16.9. The minimum Gasteiger partial charge on any atom is -0.494 e. The van der Waals surface area contributed by atoms with Crippen molar-refractivity contribution >= 4 is 12.1 Å². The number of carbonyl (C=O) groups excluding carboxylic acids is 1. The number of allylic oxidation sites excluding steroid dienone is 2. The highest BCUT2D eigenvalue weighted by Crippen LogP contribution is 2.39. The zero-order valence-corrected chi connectivity index (χ0v) is 17.4. The molecule has 0 spiro atoms. The van der Waals surface area contributed by atoms with Crippen LogP contribution in [0.25, 0.3) is 11.1 Å². The molecule has 3 rings (SSSR count). The second-order valence-corrected chi connectivity index (χ2v) is 6.95. The monoisotopic (exact) mass is 423 g/mol. The maximum atomic E-state index is 10.6. The molecule has 2 aromatic rings. The largest absolute Gasteiger partial charge is 0.494 e. The second kappa shape index (κ2) is 9.69. The van der Waals surface area contributed by atoms with Crippen molar-refractivity contribution in [2.75, 3.05) is 25.6 Å². The molecule has 1 aromatic carbocycles. The van der Waals surface area contributed by atoms with Gasteiger partial charge in [0.25, 0.3) is 0 Å². The number of carbonyl (C=O) groups is 1. The number of anilines is 1. The van der Waals surface area contributed by atoms with E-state index in [-0.39, 0.29) is 11.9 Å². The lowest BCUT2D eigenvalue weighted by Gasteiger charge is -2.17. The average molecular weight is 423 g/mol. The third-order valence-electron chi connectivity index (χ3n) is 4.88. The Labute approximate surface area is 180 Å². The SMILES string of the molecule is COc1c(NC(/C=C(\N)NC=O)=C(\C)N)cccc1-c1cnn(C2CCOC2)c1C#N. The van der Waals surface area contributed by atoms with Crippen LogP contribution in [-0.2, 0) is 9.53 Å². The molecule has 2 heterocycles. The third kappa shape index (κ3) is 4.62. The maximum absolute atomic E-state index is 10.6. The van der Waals surface area contributed by atoms with E-state index in [1.165, 1.54) is 6.08 Å². The number of nitrogens with one attached hydrogen (secondary N) is 2. The predicted molar refractivity (Wildman–Crippen MR) is 115 cm³/mol. The molecule has 10 heteroatoms. The van der Waals surface area contributed by atoms with Gasteiger partial charge in [-0.2, -0.15) is 10.4 Å². The van der Waals surface area contributed by atoms with E-state index in [1.807, 2.05) is 18.2 Å². The fraction of sp³-hybridized carbons (Fsp3) is 0.286. The highest BCUT2D eigenvalue weighted by molar-refractivity contribution is 5.81. The minimum absolute atomic E-state index is 0.0311. The molecule has 0 radical (unpaired) electrons. The summed E-state index contributed by atoms with van der Waals surface area (Å²) >= 11 is 0. The number of hydrogen-bond acceptors (Lipinski definition) is 8. The van der Waals surface area contributed by atoms with Gasteiger partial charge in [-0.15, -0.1) is 0 Å². The molecule has 162 valence electrons. The van der Waals surface area contributed by atoms with Gasteiger partial charge in [0, 0.05) is 29.5 Å². The topological polar surface area (TPSA) is 153 Å². The first-order chi connectivity index (χ1) is 15.0. The number of aromatic nitrogens is 2. The van der Waals surface area contributed by atoms with E-state index in [0.717, 1.165) is 6.42 Å². The molecular formula is C21H25N7O3. The van der Waals surface area contributed by atoms with E-state index in [4.69, 9.17) is 20.9 Å². The summed E-state index contributed by atoms with van der Waals surface area (Å²) in [5.74, 6) is 0.638. The molecule has 6 N–H and O–H groups in total. The summed E-state index contributed by atoms with van der Waals surface area (Å²) in [7, 11) is 1.54. The zero-order chi connectivity index (χ0) is 22.4. The van der Waals surface area contributed by atoms with E-state index >= 15 is 0 Å². The van der Waals surface area contributed by atoms with Crippen molar-refractivity contribution in [3.63, 3.8) is 0 Å². The molecule has 10 nitrogen and oxygen atoms in total. The van der Waals surface area contributed by atoms with Crippen molar-refractivity contribution in [1.82, 2.24) is 15.1 Å². The van der Waals surface area contributed by atoms with Crippen molar-refractivity contribution in [2.45, 2.75) is 19.4 Å². The summed E-state index contributed by atoms with van der Waals surface area (Å²) in [4.78, 5) is 10.6. The Kier molecular flexibility index (Phi) is 6.79. The predicted octanol–water partition coefficient (Wildman–Crippen LogP) is 1.54. The number of nitrogens with zero attached hydrogens (tertiary/aromatic N) is 3. The number of para-hydroxylation sites is 1. The second-order valence-electron chi connectivity index (χ2n) is 6.95. The van der Waals surface area contributed by atoms with Gasteiger partial charge in [0.05, 0.1) is 37.3 Å². The summed E-state index contributed by atoms with van der Waals surface area (Å²) in [6.07, 6.45) is 4.46. The average Bonchev–Trinajstić information content (AvgIpc) is 3.42. The van der Waals surface area contributed by atoms with Gasteiger partial charge in [-0.05, 0) is 19.4 Å². The lowest BCUT2D eigenvalue weighted by atomic mass is 10.0. The first kappa shape index (κ1) is 21.7. The van der Waals surface area contributed by atoms with Crippen LogP contribution in [0.2, 0.25) is 0 Å². The maximum Gasteiger partial charge on any atom is 0.212 e. The van der Waals surface area contributed by atoms with Gasteiger partial charge in [0.2, 0.25) is 6.41 Å². The summed E-state index contributed by atoms with van der Waals surface area (Å²) < 4.78 is 12.8. The van der Waals surface area contributed by atoms with Crippen LogP contribution < -0.4 is 26.8 Å². The van der Waals surface area contributed by atoms with Gasteiger partial charge in [-0.1, -0.05) is 12.1 Å². The number of nitriles is 1. The van der Waals surface area contributed by atoms with E-state index in [1.54, 1.807) is 24.9 Å². The lowest BCUT2D eigenvalue weighted by Crippen LogP contribution is -2.19. The molecule has 0 aliphatic carbocycles. The molecule has 0 saturated carbocycles. The fourth-order valence-electron chi connectivity index (χ4n) is 3.39. The Hall–Kier alpha value is -3.97. The first-order valence-corrected chi connectivity index (χ1v) is 9.63. The summed E-state index contributed by atoms with van der Waals surface area (Å²) in [6, 6.07) is 7.79. The molecule has 1 fully saturated rings. The molecule has 1 atom stereocenters. The lowest BCUT2D eigenvalue weighted by molar-refractivity contribution is -0.108. The number of rotatable bonds is 8. The number of benzene rings is 1. The first-order valence-electron chi connectivity index (χ1n) is 9.63. The molecule has 1 aliphatic heterocycles. The van der Waals surface area contributed by atoms with Crippen molar-refractivity contribution in [3.05, 3.63) is 53.4 Å². The van der Waals surface area contributed by atoms with Gasteiger partial charge in [-0.25, -0.2) is 4.68 Å². The molecule has 1 saturated heterocycles. The third-order valence-corrected chi connectivity index (χ3v) is 4.88. The molecule has 1 amide bonds. The van der Waals surface area contributed by atoms with Crippen molar-refractivity contribution in [3.8, 4) is 22.9 Å². The summed E-state index contributed by atoms with van der Waals surface area (Å²) in [5, 5.41) is 19.8. The van der Waals surface area contributed by atoms with Crippen LogP contribution in [0, 0.1) is 11.3 Å². The quantitative estimate of drug-likeness (QED) is 0.368. The van der Waals surface area contributed by atoms with Gasteiger partial charge >= 0.3 is 0 Å². The fourth-order valence-corrected chi connectivity index (χ4v) is 3.39. The van der Waals surface area contributed by atoms with Gasteiger partial charge in [0.1, 0.15) is 23.3 Å². The highest BCUT2D eigenvalue weighted by atomic mass is 16.5. The van der Waals surface area contributed by atoms with E-state index in [9.17, 15) is 10.1 Å². The summed E-state index contributed by atoms with van der Waals surface area (Å²) in [6.45, 7) is 2.88. The summed E-state index contributed by atoms with van der Waals surface area (Å²) in [5.41, 5.74) is 15.1. The van der Waals surface area contributed by atoms with Gasteiger partial charge < -0.3 is 31.6 Å². The van der Waals surface area contributed by atoms with Crippen molar-refractivity contribution < 1.29 is 14.3 Å². The van der Waals surface area contributed by atoms with Crippen LogP contribution in [0.1, 0.15) is 25.1 Å². The van der Waals surface area contributed by atoms with Crippen LogP contribution in [-0.4, -0.2) is 36.5 Å². The number of amides is 1. The van der Waals surface area contributed by atoms with Gasteiger partial charge in [0.15, 0.2) is 0 Å². The Morgan fingerprint density at radius 3 is 2.84 bits per heavy atom. The molecule has 1 unspecified atom stereocenters. The van der Waals surface area contributed by atoms with Crippen LogP contribution in [0.4, 0.5) is 5.69 Å². The van der Waals surface area contributed by atoms with E-state index in [0.29, 0.717) is 59.3 Å².